The first-order valence-electron chi connectivity index (χ1n) is 8.72. The number of rotatable bonds is 6. The van der Waals surface area contributed by atoms with Crippen LogP contribution in [0.1, 0.15) is 32.3 Å². The van der Waals surface area contributed by atoms with Crippen molar-refractivity contribution in [1.29, 1.82) is 0 Å². The molecule has 0 radical (unpaired) electrons. The van der Waals surface area contributed by atoms with E-state index in [0.29, 0.717) is 29.9 Å². The van der Waals surface area contributed by atoms with Crippen LogP contribution in [0.5, 0.6) is 5.75 Å². The molecule has 0 bridgehead atoms. The van der Waals surface area contributed by atoms with Crippen LogP contribution in [0.4, 0.5) is 0 Å². The topological polar surface area (TPSA) is 50.8 Å². The summed E-state index contributed by atoms with van der Waals surface area (Å²) < 4.78 is 11.4. The molecule has 2 fully saturated rings. The molecule has 2 saturated heterocycles. The molecule has 1 amide bonds. The van der Waals surface area contributed by atoms with Crippen molar-refractivity contribution < 1.29 is 14.3 Å². The standard InChI is InChI=1S/C19H24N2O3S/c1-13(2)12-24-15-6-3-5-14(9-15)10-17-18(22)21(19(25)20-17)11-16-7-4-8-23-16/h3,5-6,9-10,13,16H,4,7-8,11-12H2,1-2H3,(H,20,25)/b17-10+. The molecule has 3 rings (SSSR count). The third-order valence-electron chi connectivity index (χ3n) is 4.12. The third kappa shape index (κ3) is 4.58. The number of carbonyl (C=O) groups is 1. The lowest BCUT2D eigenvalue weighted by Crippen LogP contribution is -2.37. The summed E-state index contributed by atoms with van der Waals surface area (Å²) in [5.74, 6) is 1.16. The van der Waals surface area contributed by atoms with Gasteiger partial charge in [0.15, 0.2) is 5.11 Å². The third-order valence-corrected chi connectivity index (χ3v) is 4.45. The zero-order valence-corrected chi connectivity index (χ0v) is 15.5. The molecule has 2 heterocycles. The molecule has 1 aromatic rings. The van der Waals surface area contributed by atoms with E-state index in [-0.39, 0.29) is 12.0 Å². The zero-order chi connectivity index (χ0) is 17.8. The van der Waals surface area contributed by atoms with Crippen molar-refractivity contribution in [2.24, 2.45) is 5.92 Å². The molecule has 6 heteroatoms. The minimum atomic E-state index is -0.103. The van der Waals surface area contributed by atoms with Crippen LogP contribution in [0.3, 0.4) is 0 Å². The van der Waals surface area contributed by atoms with E-state index in [1.165, 1.54) is 0 Å². The predicted molar refractivity (Wildman–Crippen MR) is 101 cm³/mol. The molecular weight excluding hydrogens is 336 g/mol. The Morgan fingerprint density at radius 3 is 3.04 bits per heavy atom. The van der Waals surface area contributed by atoms with Crippen LogP contribution in [-0.4, -0.2) is 41.8 Å². The Bertz CT molecular complexity index is 681. The summed E-state index contributed by atoms with van der Waals surface area (Å²) in [6.45, 7) is 6.15. The Labute approximate surface area is 154 Å². The predicted octanol–water partition coefficient (Wildman–Crippen LogP) is 2.96. The number of benzene rings is 1. The van der Waals surface area contributed by atoms with Gasteiger partial charge in [-0.1, -0.05) is 26.0 Å². The van der Waals surface area contributed by atoms with E-state index in [0.717, 1.165) is 30.8 Å². The summed E-state index contributed by atoms with van der Waals surface area (Å²) in [5.41, 5.74) is 1.39. The molecule has 1 unspecified atom stereocenters. The maximum absolute atomic E-state index is 12.6. The lowest BCUT2D eigenvalue weighted by atomic mass is 10.1. The normalized spacial score (nSPS) is 22.1. The second-order valence-electron chi connectivity index (χ2n) is 6.82. The highest BCUT2D eigenvalue weighted by molar-refractivity contribution is 7.80. The number of nitrogens with zero attached hydrogens (tertiary/aromatic N) is 1. The first-order chi connectivity index (χ1) is 12.0. The van der Waals surface area contributed by atoms with Gasteiger partial charge in [-0.25, -0.2) is 0 Å². The van der Waals surface area contributed by atoms with Crippen LogP contribution in [-0.2, 0) is 9.53 Å². The van der Waals surface area contributed by atoms with E-state index >= 15 is 0 Å². The fraction of sp³-hybridized carbons (Fsp3) is 0.474. The molecule has 134 valence electrons. The Morgan fingerprint density at radius 1 is 1.48 bits per heavy atom. The van der Waals surface area contributed by atoms with E-state index < -0.39 is 0 Å². The monoisotopic (exact) mass is 360 g/mol. The summed E-state index contributed by atoms with van der Waals surface area (Å²) in [4.78, 5) is 14.2. The number of carbonyl (C=O) groups excluding carboxylic acids is 1. The van der Waals surface area contributed by atoms with E-state index in [1.54, 1.807) is 4.90 Å². The number of hydrogen-bond donors (Lipinski definition) is 1. The molecular formula is C19H24N2O3S. The van der Waals surface area contributed by atoms with Crippen LogP contribution in [0.2, 0.25) is 0 Å². The van der Waals surface area contributed by atoms with E-state index in [9.17, 15) is 4.79 Å². The molecule has 2 aliphatic rings. The Morgan fingerprint density at radius 2 is 2.32 bits per heavy atom. The van der Waals surface area contributed by atoms with Gasteiger partial charge in [0.05, 0.1) is 19.3 Å². The van der Waals surface area contributed by atoms with E-state index in [2.05, 4.69) is 19.2 Å². The Hall–Kier alpha value is -1.92. The molecule has 25 heavy (non-hydrogen) atoms. The van der Waals surface area contributed by atoms with Crippen molar-refractivity contribution in [2.45, 2.75) is 32.8 Å². The number of hydrogen-bond acceptors (Lipinski definition) is 4. The number of ether oxygens (including phenoxy) is 2. The van der Waals surface area contributed by atoms with Crippen LogP contribution in [0.25, 0.3) is 6.08 Å². The summed E-state index contributed by atoms with van der Waals surface area (Å²) in [6, 6.07) is 7.71. The smallest absolute Gasteiger partial charge is 0.276 e. The molecule has 2 aliphatic heterocycles. The highest BCUT2D eigenvalue weighted by Gasteiger charge is 2.33. The zero-order valence-electron chi connectivity index (χ0n) is 14.7. The van der Waals surface area contributed by atoms with Gasteiger partial charge in [0.2, 0.25) is 0 Å². The van der Waals surface area contributed by atoms with E-state index in [4.69, 9.17) is 21.7 Å². The largest absolute Gasteiger partial charge is 0.493 e. The maximum atomic E-state index is 12.6. The molecule has 0 saturated carbocycles. The minimum Gasteiger partial charge on any atom is -0.493 e. The lowest BCUT2D eigenvalue weighted by Gasteiger charge is -2.18. The molecule has 5 nitrogen and oxygen atoms in total. The SMILES string of the molecule is CC(C)COc1cccc(/C=C2/NC(=S)N(CC3CCCO3)C2=O)c1. The van der Waals surface area contributed by atoms with Crippen LogP contribution < -0.4 is 10.1 Å². The summed E-state index contributed by atoms with van der Waals surface area (Å²) in [5, 5.41) is 3.46. The van der Waals surface area contributed by atoms with Crippen molar-refractivity contribution in [3.63, 3.8) is 0 Å². The highest BCUT2D eigenvalue weighted by Crippen LogP contribution is 2.21. The second-order valence-corrected chi connectivity index (χ2v) is 7.20. The fourth-order valence-electron chi connectivity index (χ4n) is 2.85. The van der Waals surface area contributed by atoms with Gasteiger partial charge in [-0.15, -0.1) is 0 Å². The number of amides is 1. The Balaban J connectivity index is 1.69. The van der Waals surface area contributed by atoms with Gasteiger partial charge >= 0.3 is 0 Å². The van der Waals surface area contributed by atoms with Crippen molar-refractivity contribution in [3.8, 4) is 5.75 Å². The summed E-state index contributed by atoms with van der Waals surface area (Å²) in [6.07, 6.45) is 3.90. The van der Waals surface area contributed by atoms with Gasteiger partial charge in [0, 0.05) is 6.61 Å². The summed E-state index contributed by atoms with van der Waals surface area (Å²) in [7, 11) is 0. The molecule has 0 aromatic heterocycles. The van der Waals surface area contributed by atoms with Crippen LogP contribution >= 0.6 is 12.2 Å². The maximum Gasteiger partial charge on any atom is 0.276 e. The molecule has 0 spiro atoms. The summed E-state index contributed by atoms with van der Waals surface area (Å²) >= 11 is 5.31. The van der Waals surface area contributed by atoms with Gasteiger partial charge in [0.1, 0.15) is 11.4 Å². The van der Waals surface area contributed by atoms with Gasteiger partial charge in [-0.2, -0.15) is 0 Å². The first-order valence-corrected chi connectivity index (χ1v) is 9.13. The van der Waals surface area contributed by atoms with Crippen molar-refractivity contribution in [3.05, 3.63) is 35.5 Å². The van der Waals surface area contributed by atoms with Crippen molar-refractivity contribution >= 4 is 29.3 Å². The number of thiocarbonyl (C=S) groups is 1. The van der Waals surface area contributed by atoms with Crippen LogP contribution in [0.15, 0.2) is 30.0 Å². The first kappa shape index (κ1) is 17.9. The Kier molecular flexibility index (Phi) is 5.71. The van der Waals surface area contributed by atoms with Gasteiger partial charge < -0.3 is 14.8 Å². The van der Waals surface area contributed by atoms with Crippen LogP contribution in [0, 0.1) is 5.92 Å². The lowest BCUT2D eigenvalue weighted by molar-refractivity contribution is -0.123. The minimum absolute atomic E-state index is 0.0795. The van der Waals surface area contributed by atoms with Gasteiger partial charge in [-0.05, 0) is 54.7 Å². The fourth-order valence-corrected chi connectivity index (χ4v) is 3.12. The van der Waals surface area contributed by atoms with Gasteiger partial charge in [-0.3, -0.25) is 9.69 Å². The molecule has 1 aromatic carbocycles. The average Bonchev–Trinajstić information content (AvgIpc) is 3.18. The molecule has 0 aliphatic carbocycles. The second kappa shape index (κ2) is 7.97. The quantitative estimate of drug-likeness (QED) is 0.624. The number of nitrogens with one attached hydrogen (secondary N) is 1. The average molecular weight is 360 g/mol. The molecule has 1 N–H and O–H groups in total. The molecule has 1 atom stereocenters. The van der Waals surface area contributed by atoms with Crippen molar-refractivity contribution in [1.82, 2.24) is 10.2 Å². The highest BCUT2D eigenvalue weighted by atomic mass is 32.1. The van der Waals surface area contributed by atoms with Crippen molar-refractivity contribution in [2.75, 3.05) is 19.8 Å². The van der Waals surface area contributed by atoms with E-state index in [1.807, 2.05) is 30.3 Å². The van der Waals surface area contributed by atoms with Gasteiger partial charge in [0.25, 0.3) is 5.91 Å².